The first-order chi connectivity index (χ1) is 14.1. The molecule has 29 heavy (non-hydrogen) atoms. The average Bonchev–Trinajstić information content (AvgIpc) is 3.46. The van der Waals surface area contributed by atoms with Crippen LogP contribution >= 0.6 is 11.3 Å². The van der Waals surface area contributed by atoms with Crippen LogP contribution in [0, 0.1) is 5.41 Å². The Hall–Kier alpha value is -2.67. The lowest BCUT2D eigenvalue weighted by molar-refractivity contribution is -0.161. The summed E-state index contributed by atoms with van der Waals surface area (Å²) in [5.74, 6) is 0.159. The van der Waals surface area contributed by atoms with Crippen LogP contribution in [0.5, 0.6) is 0 Å². The molecular formula is C22H24N2O4S. The molecule has 0 unspecified atom stereocenters. The minimum Gasteiger partial charge on any atom is -0.467 e. The van der Waals surface area contributed by atoms with Gasteiger partial charge in [-0.15, -0.1) is 11.3 Å². The smallest absolute Gasteiger partial charge is 0.313 e. The number of fused-ring (bicyclic) bond motifs is 1. The van der Waals surface area contributed by atoms with Gasteiger partial charge in [-0.05, 0) is 37.1 Å². The van der Waals surface area contributed by atoms with Crippen molar-refractivity contribution >= 4 is 33.4 Å². The summed E-state index contributed by atoms with van der Waals surface area (Å²) in [5, 5.41) is 0.950. The minimum absolute atomic E-state index is 0.247. The fourth-order valence-electron chi connectivity index (χ4n) is 3.90. The number of ether oxygens (including phenoxy) is 1. The van der Waals surface area contributed by atoms with E-state index in [1.807, 2.05) is 24.3 Å². The van der Waals surface area contributed by atoms with Gasteiger partial charge in [0.15, 0.2) is 6.61 Å². The molecule has 4 rings (SSSR count). The molecule has 152 valence electrons. The Morgan fingerprint density at radius 3 is 2.72 bits per heavy atom. The minimum atomic E-state index is -0.576. The first-order valence-electron chi connectivity index (χ1n) is 9.84. The van der Waals surface area contributed by atoms with Crippen LogP contribution in [0.25, 0.3) is 10.2 Å². The Labute approximate surface area is 173 Å². The molecule has 1 amide bonds. The standard InChI is InChI=1S/C22H24N2O4S/c1-24(14-16-7-6-12-27-16)20(25)15-28-21(26)22(10-4-5-11-22)13-19-23-17-8-2-3-9-18(17)29-19/h2-3,6-9,12H,4-5,10-11,13-15H2,1H3. The molecule has 1 aliphatic rings. The summed E-state index contributed by atoms with van der Waals surface area (Å²) in [4.78, 5) is 31.6. The van der Waals surface area contributed by atoms with Crippen molar-refractivity contribution < 1.29 is 18.7 Å². The zero-order chi connectivity index (χ0) is 20.3. The van der Waals surface area contributed by atoms with Gasteiger partial charge in [0.2, 0.25) is 0 Å². The second-order valence-electron chi connectivity index (χ2n) is 7.64. The third-order valence-corrected chi connectivity index (χ3v) is 6.58. The summed E-state index contributed by atoms with van der Waals surface area (Å²) in [6.07, 6.45) is 5.68. The maximum Gasteiger partial charge on any atom is 0.313 e. The molecule has 7 heteroatoms. The van der Waals surface area contributed by atoms with Crippen molar-refractivity contribution in [3.05, 3.63) is 53.4 Å². The Balaban J connectivity index is 1.39. The number of rotatable bonds is 7. The monoisotopic (exact) mass is 412 g/mol. The van der Waals surface area contributed by atoms with E-state index in [0.29, 0.717) is 18.7 Å². The molecule has 0 bridgehead atoms. The van der Waals surface area contributed by atoms with Gasteiger partial charge in [0.05, 0.1) is 33.4 Å². The summed E-state index contributed by atoms with van der Waals surface area (Å²) < 4.78 is 11.9. The van der Waals surface area contributed by atoms with Crippen molar-refractivity contribution in [2.24, 2.45) is 5.41 Å². The second-order valence-corrected chi connectivity index (χ2v) is 8.76. The van der Waals surface area contributed by atoms with E-state index >= 15 is 0 Å². The molecule has 0 spiro atoms. The van der Waals surface area contributed by atoms with Crippen LogP contribution in [0.2, 0.25) is 0 Å². The third-order valence-electron chi connectivity index (χ3n) is 5.55. The number of amides is 1. The van der Waals surface area contributed by atoms with E-state index in [-0.39, 0.29) is 18.5 Å². The van der Waals surface area contributed by atoms with E-state index in [4.69, 9.17) is 14.1 Å². The van der Waals surface area contributed by atoms with Crippen LogP contribution in [0.1, 0.15) is 36.5 Å². The molecular weight excluding hydrogens is 388 g/mol. The number of likely N-dealkylation sites (N-methyl/N-ethyl adjacent to an activating group) is 1. The van der Waals surface area contributed by atoms with E-state index in [1.165, 1.54) is 4.90 Å². The van der Waals surface area contributed by atoms with E-state index in [2.05, 4.69) is 0 Å². The van der Waals surface area contributed by atoms with Crippen LogP contribution in [0.4, 0.5) is 0 Å². The molecule has 1 saturated carbocycles. The Morgan fingerprint density at radius 1 is 1.21 bits per heavy atom. The Kier molecular flexibility index (Phi) is 5.67. The lowest BCUT2D eigenvalue weighted by Crippen LogP contribution is -2.36. The van der Waals surface area contributed by atoms with Gasteiger partial charge >= 0.3 is 5.97 Å². The lowest BCUT2D eigenvalue weighted by atomic mass is 9.83. The highest BCUT2D eigenvalue weighted by molar-refractivity contribution is 7.18. The summed E-state index contributed by atoms with van der Waals surface area (Å²) in [6.45, 7) is 0.0951. The van der Waals surface area contributed by atoms with E-state index < -0.39 is 5.41 Å². The second kappa shape index (κ2) is 8.37. The van der Waals surface area contributed by atoms with Crippen LogP contribution in [0.3, 0.4) is 0 Å². The van der Waals surface area contributed by atoms with Crippen molar-refractivity contribution in [2.45, 2.75) is 38.6 Å². The predicted octanol–water partition coefficient (Wildman–Crippen LogP) is 4.19. The van der Waals surface area contributed by atoms with E-state index in [1.54, 1.807) is 36.8 Å². The maximum atomic E-state index is 13.0. The molecule has 0 atom stereocenters. The summed E-state index contributed by atoms with van der Waals surface area (Å²) in [6, 6.07) is 11.6. The number of hydrogen-bond donors (Lipinski definition) is 0. The van der Waals surface area contributed by atoms with E-state index in [0.717, 1.165) is 40.9 Å². The molecule has 1 aromatic carbocycles. The van der Waals surface area contributed by atoms with Gasteiger partial charge in [-0.25, -0.2) is 4.98 Å². The van der Waals surface area contributed by atoms with Gasteiger partial charge in [0.1, 0.15) is 5.76 Å². The molecule has 2 heterocycles. The lowest BCUT2D eigenvalue weighted by Gasteiger charge is -2.26. The van der Waals surface area contributed by atoms with Gasteiger partial charge in [0, 0.05) is 13.5 Å². The van der Waals surface area contributed by atoms with Crippen LogP contribution in [0.15, 0.2) is 47.1 Å². The number of furan rings is 1. The van der Waals surface area contributed by atoms with Gasteiger partial charge in [-0.1, -0.05) is 25.0 Å². The van der Waals surface area contributed by atoms with Crippen LogP contribution < -0.4 is 0 Å². The molecule has 2 aromatic heterocycles. The van der Waals surface area contributed by atoms with Crippen molar-refractivity contribution in [1.82, 2.24) is 9.88 Å². The number of carbonyl (C=O) groups is 2. The molecule has 3 aromatic rings. The highest BCUT2D eigenvalue weighted by Crippen LogP contribution is 2.43. The molecule has 0 saturated heterocycles. The molecule has 0 aliphatic heterocycles. The molecule has 1 aliphatic carbocycles. The largest absolute Gasteiger partial charge is 0.467 e. The first kappa shape index (κ1) is 19.6. The predicted molar refractivity (Wildman–Crippen MR) is 110 cm³/mol. The third kappa shape index (κ3) is 4.34. The van der Waals surface area contributed by atoms with Crippen LogP contribution in [-0.4, -0.2) is 35.4 Å². The molecule has 0 radical (unpaired) electrons. The number of aromatic nitrogens is 1. The summed E-state index contributed by atoms with van der Waals surface area (Å²) >= 11 is 1.63. The number of para-hydroxylation sites is 1. The highest BCUT2D eigenvalue weighted by Gasteiger charge is 2.43. The van der Waals surface area contributed by atoms with Crippen LogP contribution in [-0.2, 0) is 27.3 Å². The zero-order valence-corrected chi connectivity index (χ0v) is 17.2. The van der Waals surface area contributed by atoms with Gasteiger partial charge in [-0.2, -0.15) is 0 Å². The number of thiazole rings is 1. The number of nitrogens with zero attached hydrogens (tertiary/aromatic N) is 2. The topological polar surface area (TPSA) is 72.6 Å². The maximum absolute atomic E-state index is 13.0. The number of benzene rings is 1. The van der Waals surface area contributed by atoms with Crippen molar-refractivity contribution in [3.63, 3.8) is 0 Å². The van der Waals surface area contributed by atoms with Crippen molar-refractivity contribution in [3.8, 4) is 0 Å². The summed E-state index contributed by atoms with van der Waals surface area (Å²) in [5.41, 5.74) is 0.386. The SMILES string of the molecule is CN(Cc1ccco1)C(=O)COC(=O)C1(Cc2nc3ccccc3s2)CCCC1. The van der Waals surface area contributed by atoms with Gasteiger partial charge in [0.25, 0.3) is 5.91 Å². The Bertz CT molecular complexity index is 956. The fraction of sp³-hybridized carbons (Fsp3) is 0.409. The first-order valence-corrected chi connectivity index (χ1v) is 10.7. The number of carbonyl (C=O) groups excluding carboxylic acids is 2. The number of esters is 1. The molecule has 6 nitrogen and oxygen atoms in total. The fourth-order valence-corrected chi connectivity index (χ4v) is 5.02. The van der Waals surface area contributed by atoms with Gasteiger partial charge < -0.3 is 14.1 Å². The summed E-state index contributed by atoms with van der Waals surface area (Å²) in [7, 11) is 1.67. The highest BCUT2D eigenvalue weighted by atomic mass is 32.1. The average molecular weight is 413 g/mol. The quantitative estimate of drug-likeness (QED) is 0.544. The Morgan fingerprint density at radius 2 is 2.00 bits per heavy atom. The molecule has 1 fully saturated rings. The number of hydrogen-bond acceptors (Lipinski definition) is 6. The van der Waals surface area contributed by atoms with E-state index in [9.17, 15) is 9.59 Å². The van der Waals surface area contributed by atoms with Crippen molar-refractivity contribution in [2.75, 3.05) is 13.7 Å². The zero-order valence-electron chi connectivity index (χ0n) is 16.4. The normalized spacial score (nSPS) is 15.5. The van der Waals surface area contributed by atoms with Gasteiger partial charge in [-0.3, -0.25) is 9.59 Å². The van der Waals surface area contributed by atoms with Crippen molar-refractivity contribution in [1.29, 1.82) is 0 Å². The molecule has 0 N–H and O–H groups in total.